The molecule has 0 aliphatic carbocycles. The molecule has 3 aliphatic heterocycles. The van der Waals surface area contributed by atoms with Gasteiger partial charge in [-0.1, -0.05) is 0 Å². The Morgan fingerprint density at radius 1 is 1.20 bits per heavy atom. The number of nitrogens with one attached hydrogen (secondary N) is 1. The van der Waals surface area contributed by atoms with Gasteiger partial charge in [0.15, 0.2) is 5.65 Å². The second kappa shape index (κ2) is 7.38. The maximum Gasteiger partial charge on any atom is 0.267 e. The minimum atomic E-state index is -2.75. The van der Waals surface area contributed by atoms with Crippen molar-refractivity contribution in [2.75, 3.05) is 50.7 Å². The molecular weight excluding hydrogens is 394 g/mol. The van der Waals surface area contributed by atoms with Crippen LogP contribution in [0.1, 0.15) is 18.5 Å². The minimum Gasteiger partial charge on any atom is -0.338 e. The molecule has 9 nitrogen and oxygen atoms in total. The molecule has 0 spiro atoms. The first kappa shape index (κ1) is 19.6. The maximum absolute atomic E-state index is 13.4. The molecule has 0 saturated carbocycles. The Morgan fingerprint density at radius 2 is 2.00 bits per heavy atom. The van der Waals surface area contributed by atoms with E-state index in [1.807, 2.05) is 17.5 Å². The summed E-state index contributed by atoms with van der Waals surface area (Å²) in [5.74, 6) is -2.11. The Balaban J connectivity index is 1.17. The number of hydrogen-bond acceptors (Lipinski definition) is 7. The molecule has 11 heteroatoms. The second-order valence-electron chi connectivity index (χ2n) is 8.45. The zero-order chi connectivity index (χ0) is 20.9. The van der Waals surface area contributed by atoms with Crippen molar-refractivity contribution in [1.29, 1.82) is 0 Å². The van der Waals surface area contributed by atoms with E-state index < -0.39 is 12.5 Å². The number of alkyl halides is 2. The van der Waals surface area contributed by atoms with Crippen molar-refractivity contribution in [3.8, 4) is 0 Å². The first-order chi connectivity index (χ1) is 14.4. The Hall–Kier alpha value is -2.40. The first-order valence-corrected chi connectivity index (χ1v) is 10.5. The Morgan fingerprint density at radius 3 is 2.73 bits per heavy atom. The van der Waals surface area contributed by atoms with Gasteiger partial charge in [-0.05, 0) is 13.3 Å². The number of likely N-dealkylation sites (tertiary alicyclic amines) is 1. The highest BCUT2D eigenvalue weighted by atomic mass is 19.3. The topological polar surface area (TPSA) is 81.9 Å². The number of fused-ring (bicyclic) bond motifs is 1. The van der Waals surface area contributed by atoms with Crippen LogP contribution in [0.2, 0.25) is 0 Å². The summed E-state index contributed by atoms with van der Waals surface area (Å²) in [6, 6.07) is -0.122. The average molecular weight is 420 g/mol. The number of aryl methyl sites for hydroxylation is 1. The molecule has 162 valence electrons. The van der Waals surface area contributed by atoms with Crippen LogP contribution in [0.4, 0.5) is 14.7 Å². The van der Waals surface area contributed by atoms with Crippen molar-refractivity contribution in [2.45, 2.75) is 37.8 Å². The molecule has 0 radical (unpaired) electrons. The van der Waals surface area contributed by atoms with E-state index in [9.17, 15) is 13.6 Å². The standard InChI is InChI=1S/C19H26F2N8O/c1-13-16-24-25-18(29(16)5-3-22-13)27-8-6-26(7-9-27)14-10-15(23-11-14)17(30)28-4-2-19(20,21)12-28/h3,5,14-15,23H,2,4,6-12H2,1H3/t14-,15-/m0/s1. The van der Waals surface area contributed by atoms with Crippen LogP contribution in [-0.4, -0.2) is 99.1 Å². The number of anilines is 1. The van der Waals surface area contributed by atoms with Gasteiger partial charge in [0.25, 0.3) is 5.92 Å². The third-order valence-corrected chi connectivity index (χ3v) is 6.49. The van der Waals surface area contributed by atoms with Gasteiger partial charge in [-0.15, -0.1) is 10.2 Å². The predicted octanol–water partition coefficient (Wildman–Crippen LogP) is 0.153. The number of hydrogen-bond donors (Lipinski definition) is 1. The van der Waals surface area contributed by atoms with Crippen molar-refractivity contribution in [3.05, 3.63) is 18.1 Å². The molecule has 3 fully saturated rings. The van der Waals surface area contributed by atoms with Gasteiger partial charge in [0.2, 0.25) is 11.9 Å². The van der Waals surface area contributed by atoms with Crippen LogP contribution in [0.25, 0.3) is 5.65 Å². The highest BCUT2D eigenvalue weighted by Crippen LogP contribution is 2.28. The van der Waals surface area contributed by atoms with Crippen LogP contribution < -0.4 is 10.2 Å². The molecule has 2 atom stereocenters. The van der Waals surface area contributed by atoms with Crippen LogP contribution in [0.5, 0.6) is 0 Å². The van der Waals surface area contributed by atoms with Crippen LogP contribution in [0.15, 0.2) is 12.4 Å². The number of carbonyl (C=O) groups excluding carboxylic acids is 1. The van der Waals surface area contributed by atoms with E-state index in [0.717, 1.165) is 43.5 Å². The number of rotatable bonds is 3. The summed E-state index contributed by atoms with van der Waals surface area (Å²) >= 11 is 0. The minimum absolute atomic E-state index is 0.147. The SMILES string of the molecule is Cc1nccn2c(N3CCN([C@@H]4CN[C@H](C(=O)N5CCC(F)(F)C5)C4)CC3)nnc12. The van der Waals surface area contributed by atoms with Gasteiger partial charge >= 0.3 is 0 Å². The number of aromatic nitrogens is 4. The molecule has 2 aromatic rings. The van der Waals surface area contributed by atoms with E-state index in [2.05, 4.69) is 30.3 Å². The van der Waals surface area contributed by atoms with E-state index in [1.54, 1.807) is 6.20 Å². The van der Waals surface area contributed by atoms with Gasteiger partial charge in [0, 0.05) is 64.1 Å². The Labute approximate surface area is 173 Å². The van der Waals surface area contributed by atoms with Crippen LogP contribution in [0, 0.1) is 6.92 Å². The first-order valence-electron chi connectivity index (χ1n) is 10.5. The van der Waals surface area contributed by atoms with Crippen LogP contribution >= 0.6 is 0 Å². The number of amides is 1. The quantitative estimate of drug-likeness (QED) is 0.757. The molecular formula is C19H26F2N8O. The predicted molar refractivity (Wildman–Crippen MR) is 106 cm³/mol. The van der Waals surface area contributed by atoms with E-state index in [4.69, 9.17) is 0 Å². The molecule has 0 aromatic carbocycles. The lowest BCUT2D eigenvalue weighted by atomic mass is 10.1. The third-order valence-electron chi connectivity index (χ3n) is 6.49. The summed E-state index contributed by atoms with van der Waals surface area (Å²) in [7, 11) is 0. The number of nitrogens with zero attached hydrogens (tertiary/aromatic N) is 7. The van der Waals surface area contributed by atoms with Gasteiger partial charge in [-0.25, -0.2) is 8.78 Å². The Kier molecular flexibility index (Phi) is 4.81. The zero-order valence-electron chi connectivity index (χ0n) is 17.0. The van der Waals surface area contributed by atoms with E-state index in [0.29, 0.717) is 13.0 Å². The molecule has 5 rings (SSSR count). The maximum atomic E-state index is 13.4. The summed E-state index contributed by atoms with van der Waals surface area (Å²) in [5.41, 5.74) is 1.61. The molecule has 0 unspecified atom stereocenters. The molecule has 5 heterocycles. The molecule has 0 bridgehead atoms. The lowest BCUT2D eigenvalue weighted by Crippen LogP contribution is -2.51. The summed E-state index contributed by atoms with van der Waals surface area (Å²) in [5, 5.41) is 11.9. The molecule has 3 aliphatic rings. The normalized spacial score (nSPS) is 27.3. The van der Waals surface area contributed by atoms with E-state index >= 15 is 0 Å². The summed E-state index contributed by atoms with van der Waals surface area (Å²) in [6.45, 7) is 5.66. The number of piperazine rings is 1. The fourth-order valence-corrected chi connectivity index (χ4v) is 4.77. The van der Waals surface area contributed by atoms with Crippen molar-refractivity contribution >= 4 is 17.5 Å². The smallest absolute Gasteiger partial charge is 0.267 e. The highest BCUT2D eigenvalue weighted by Gasteiger charge is 2.43. The van der Waals surface area contributed by atoms with Crippen molar-refractivity contribution in [2.24, 2.45) is 0 Å². The van der Waals surface area contributed by atoms with Crippen LogP contribution in [0.3, 0.4) is 0 Å². The van der Waals surface area contributed by atoms with Gasteiger partial charge in [0.05, 0.1) is 18.3 Å². The molecule has 30 heavy (non-hydrogen) atoms. The van der Waals surface area contributed by atoms with E-state index in [1.165, 1.54) is 4.90 Å². The van der Waals surface area contributed by atoms with Crippen molar-refractivity contribution < 1.29 is 13.6 Å². The van der Waals surface area contributed by atoms with Gasteiger partial charge in [-0.2, -0.15) is 0 Å². The summed E-state index contributed by atoms with van der Waals surface area (Å²) in [4.78, 5) is 22.8. The van der Waals surface area contributed by atoms with Crippen LogP contribution in [-0.2, 0) is 4.79 Å². The van der Waals surface area contributed by atoms with Crippen molar-refractivity contribution in [3.63, 3.8) is 0 Å². The van der Waals surface area contributed by atoms with E-state index in [-0.39, 0.29) is 31.0 Å². The third kappa shape index (κ3) is 3.49. The number of carbonyl (C=O) groups is 1. The lowest BCUT2D eigenvalue weighted by molar-refractivity contribution is -0.133. The second-order valence-corrected chi connectivity index (χ2v) is 8.45. The van der Waals surface area contributed by atoms with Crippen molar-refractivity contribution in [1.82, 2.24) is 34.7 Å². The molecule has 1 amide bonds. The highest BCUT2D eigenvalue weighted by molar-refractivity contribution is 5.82. The monoisotopic (exact) mass is 420 g/mol. The lowest BCUT2D eigenvalue weighted by Gasteiger charge is -2.37. The Bertz CT molecular complexity index is 942. The fraction of sp³-hybridized carbons (Fsp3) is 0.684. The zero-order valence-corrected chi connectivity index (χ0v) is 17.0. The molecule has 2 aromatic heterocycles. The molecule has 1 N–H and O–H groups in total. The summed E-state index contributed by atoms with van der Waals surface area (Å²) in [6.07, 6.45) is 4.06. The fourth-order valence-electron chi connectivity index (χ4n) is 4.77. The summed E-state index contributed by atoms with van der Waals surface area (Å²) < 4.78 is 28.8. The molecule has 3 saturated heterocycles. The van der Waals surface area contributed by atoms with Gasteiger partial charge in [0.1, 0.15) is 0 Å². The number of halogens is 2. The largest absolute Gasteiger partial charge is 0.338 e. The van der Waals surface area contributed by atoms with Gasteiger partial charge in [-0.3, -0.25) is 19.1 Å². The average Bonchev–Trinajstić information content (AvgIpc) is 3.46. The van der Waals surface area contributed by atoms with Gasteiger partial charge < -0.3 is 15.1 Å².